The van der Waals surface area contributed by atoms with Gasteiger partial charge in [-0.25, -0.2) is 14.8 Å². The maximum Gasteiger partial charge on any atom is 0.410 e. The zero-order chi connectivity index (χ0) is 21.6. The smallest absolute Gasteiger partial charge is 0.410 e. The molecule has 9 heteroatoms. The second-order valence-corrected chi connectivity index (χ2v) is 9.05. The van der Waals surface area contributed by atoms with Crippen LogP contribution in [-0.2, 0) is 11.3 Å². The number of amides is 1. The van der Waals surface area contributed by atoms with Gasteiger partial charge in [0.1, 0.15) is 11.4 Å². The summed E-state index contributed by atoms with van der Waals surface area (Å²) in [6.07, 6.45) is 6.74. The first-order valence-corrected chi connectivity index (χ1v) is 11.0. The van der Waals surface area contributed by atoms with Gasteiger partial charge in [0.2, 0.25) is 0 Å². The van der Waals surface area contributed by atoms with Crippen LogP contribution in [0.1, 0.15) is 52.0 Å². The molecule has 0 saturated carbocycles. The Hall–Kier alpha value is -1.78. The molecule has 2 saturated heterocycles. The van der Waals surface area contributed by atoms with E-state index in [9.17, 15) is 4.79 Å². The van der Waals surface area contributed by atoms with Crippen molar-refractivity contribution < 1.29 is 9.53 Å². The van der Waals surface area contributed by atoms with Crippen LogP contribution in [0.4, 0.5) is 10.6 Å². The van der Waals surface area contributed by atoms with Gasteiger partial charge in [0, 0.05) is 45.5 Å². The molecule has 2 aliphatic heterocycles. The van der Waals surface area contributed by atoms with E-state index in [1.165, 1.54) is 25.7 Å². The van der Waals surface area contributed by atoms with Crippen LogP contribution in [0.3, 0.4) is 0 Å². The molecule has 0 unspecified atom stereocenters. The third kappa shape index (κ3) is 8.01. The van der Waals surface area contributed by atoms with Gasteiger partial charge in [-0.15, -0.1) is 24.0 Å². The summed E-state index contributed by atoms with van der Waals surface area (Å²) in [6.45, 7) is 10.8. The number of nitrogens with zero attached hydrogens (tertiary/aromatic N) is 5. The van der Waals surface area contributed by atoms with E-state index in [1.54, 1.807) is 4.90 Å². The number of ether oxygens (including phenoxy) is 1. The molecule has 2 fully saturated rings. The predicted molar refractivity (Wildman–Crippen MR) is 135 cm³/mol. The molecule has 0 spiro atoms. The van der Waals surface area contributed by atoms with Crippen LogP contribution in [0, 0.1) is 0 Å². The highest BCUT2D eigenvalue weighted by molar-refractivity contribution is 14.0. The molecule has 0 aliphatic carbocycles. The van der Waals surface area contributed by atoms with E-state index in [0.717, 1.165) is 24.5 Å². The van der Waals surface area contributed by atoms with Crippen LogP contribution in [0.2, 0.25) is 0 Å². The number of rotatable bonds is 3. The van der Waals surface area contributed by atoms with Crippen molar-refractivity contribution in [2.24, 2.45) is 10.7 Å². The number of hydrogen-bond acceptors (Lipinski definition) is 5. The molecule has 0 radical (unpaired) electrons. The minimum atomic E-state index is -0.481. The molecular formula is C22H37IN6O2. The second kappa shape index (κ2) is 11.7. The monoisotopic (exact) mass is 544 g/mol. The fourth-order valence-electron chi connectivity index (χ4n) is 3.71. The summed E-state index contributed by atoms with van der Waals surface area (Å²) in [4.78, 5) is 27.5. The van der Waals surface area contributed by atoms with Crippen molar-refractivity contribution in [3.63, 3.8) is 0 Å². The number of piperazine rings is 1. The van der Waals surface area contributed by atoms with Crippen LogP contribution < -0.4 is 10.6 Å². The van der Waals surface area contributed by atoms with Gasteiger partial charge in [-0.2, -0.15) is 0 Å². The zero-order valence-corrected chi connectivity index (χ0v) is 21.4. The number of pyridine rings is 1. The third-order valence-electron chi connectivity index (χ3n) is 5.42. The van der Waals surface area contributed by atoms with Crippen LogP contribution in [-0.4, -0.2) is 71.7 Å². The lowest BCUT2D eigenvalue weighted by atomic mass is 10.2. The predicted octanol–water partition coefficient (Wildman–Crippen LogP) is 3.45. The van der Waals surface area contributed by atoms with Gasteiger partial charge in [-0.1, -0.05) is 18.9 Å². The Morgan fingerprint density at radius 3 is 2.19 bits per heavy atom. The normalized spacial score (nSPS) is 18.3. The van der Waals surface area contributed by atoms with Crippen molar-refractivity contribution in [2.45, 2.75) is 58.6 Å². The molecular weight excluding hydrogens is 507 g/mol. The van der Waals surface area contributed by atoms with Crippen LogP contribution in [0.5, 0.6) is 0 Å². The van der Waals surface area contributed by atoms with Gasteiger partial charge in [-0.3, -0.25) is 0 Å². The molecule has 0 bridgehead atoms. The average Bonchev–Trinajstić information content (AvgIpc) is 3.01. The molecule has 31 heavy (non-hydrogen) atoms. The van der Waals surface area contributed by atoms with Crippen molar-refractivity contribution in [1.29, 1.82) is 0 Å². The molecule has 3 heterocycles. The maximum atomic E-state index is 12.2. The van der Waals surface area contributed by atoms with E-state index < -0.39 is 5.60 Å². The van der Waals surface area contributed by atoms with Crippen molar-refractivity contribution in [3.8, 4) is 0 Å². The van der Waals surface area contributed by atoms with Gasteiger partial charge >= 0.3 is 6.09 Å². The number of anilines is 1. The molecule has 3 rings (SSSR count). The Labute approximate surface area is 203 Å². The number of halogens is 1. The number of hydrogen-bond donors (Lipinski definition) is 1. The molecule has 1 aromatic rings. The van der Waals surface area contributed by atoms with Crippen LogP contribution in [0.15, 0.2) is 23.3 Å². The molecule has 1 aromatic heterocycles. The molecule has 2 aliphatic rings. The summed E-state index contributed by atoms with van der Waals surface area (Å²) in [5.41, 5.74) is 6.76. The topological polar surface area (TPSA) is 87.3 Å². The molecule has 8 nitrogen and oxygen atoms in total. The minimum Gasteiger partial charge on any atom is -0.444 e. The highest BCUT2D eigenvalue weighted by atomic mass is 127. The molecule has 0 atom stereocenters. The summed E-state index contributed by atoms with van der Waals surface area (Å²) in [5.74, 6) is 1.56. The molecule has 1 amide bonds. The number of carbonyl (C=O) groups is 1. The van der Waals surface area contributed by atoms with Crippen LogP contribution in [0.25, 0.3) is 0 Å². The van der Waals surface area contributed by atoms with E-state index in [0.29, 0.717) is 38.7 Å². The highest BCUT2D eigenvalue weighted by Gasteiger charge is 2.26. The zero-order valence-electron chi connectivity index (χ0n) is 19.0. The first kappa shape index (κ1) is 25.5. The summed E-state index contributed by atoms with van der Waals surface area (Å²) in [7, 11) is 0. The Balaban J connectivity index is 0.00000341. The SMILES string of the molecule is CC(C)(C)OC(=O)N1CCN(C(N)=NCc2ccc(N3CCCCCC3)nc2)CC1.I. The number of guanidine groups is 1. The second-order valence-electron chi connectivity index (χ2n) is 9.05. The largest absolute Gasteiger partial charge is 0.444 e. The van der Waals surface area contributed by atoms with Crippen molar-refractivity contribution in [3.05, 3.63) is 23.9 Å². The number of aliphatic imine (C=N–C) groups is 1. The fraction of sp³-hybridized carbons (Fsp3) is 0.682. The van der Waals surface area contributed by atoms with E-state index in [-0.39, 0.29) is 30.1 Å². The van der Waals surface area contributed by atoms with Gasteiger partial charge in [0.05, 0.1) is 6.54 Å². The van der Waals surface area contributed by atoms with Crippen molar-refractivity contribution in [2.75, 3.05) is 44.2 Å². The number of carbonyl (C=O) groups excluding carboxylic acids is 1. The Morgan fingerprint density at radius 2 is 1.65 bits per heavy atom. The molecule has 174 valence electrons. The lowest BCUT2D eigenvalue weighted by molar-refractivity contribution is 0.0186. The van der Waals surface area contributed by atoms with Crippen molar-refractivity contribution >= 4 is 41.8 Å². The average molecular weight is 544 g/mol. The highest BCUT2D eigenvalue weighted by Crippen LogP contribution is 2.18. The summed E-state index contributed by atoms with van der Waals surface area (Å²) < 4.78 is 5.44. The number of nitrogens with two attached hydrogens (primary N) is 1. The maximum absolute atomic E-state index is 12.2. The summed E-state index contributed by atoms with van der Waals surface area (Å²) in [6, 6.07) is 4.18. The third-order valence-corrected chi connectivity index (χ3v) is 5.42. The van der Waals surface area contributed by atoms with Gasteiger partial charge in [0.25, 0.3) is 0 Å². The lowest BCUT2D eigenvalue weighted by Crippen LogP contribution is -2.53. The quantitative estimate of drug-likeness (QED) is 0.357. The Bertz CT molecular complexity index is 719. The number of aromatic nitrogens is 1. The van der Waals surface area contributed by atoms with E-state index >= 15 is 0 Å². The van der Waals surface area contributed by atoms with Gasteiger partial charge < -0.3 is 25.2 Å². The van der Waals surface area contributed by atoms with Gasteiger partial charge in [-0.05, 0) is 45.2 Å². The molecule has 2 N–H and O–H groups in total. The Kier molecular flexibility index (Phi) is 9.64. The Morgan fingerprint density at radius 1 is 1.03 bits per heavy atom. The minimum absolute atomic E-state index is 0. The van der Waals surface area contributed by atoms with E-state index in [2.05, 4.69) is 27.0 Å². The van der Waals surface area contributed by atoms with E-state index in [1.807, 2.05) is 31.9 Å². The molecule has 0 aromatic carbocycles. The fourth-order valence-corrected chi connectivity index (χ4v) is 3.71. The van der Waals surface area contributed by atoms with Gasteiger partial charge in [0.15, 0.2) is 5.96 Å². The standard InChI is InChI=1S/C22H36N6O2.HI/c1-22(2,3)30-21(29)28-14-12-27(13-15-28)20(23)25-17-18-8-9-19(24-16-18)26-10-6-4-5-7-11-26;/h8-9,16H,4-7,10-15,17H2,1-3H3,(H2,23,25);1H. The summed E-state index contributed by atoms with van der Waals surface area (Å²) >= 11 is 0. The van der Waals surface area contributed by atoms with Crippen molar-refractivity contribution in [1.82, 2.24) is 14.8 Å². The summed E-state index contributed by atoms with van der Waals surface area (Å²) in [5, 5.41) is 0. The van der Waals surface area contributed by atoms with E-state index in [4.69, 9.17) is 10.5 Å². The first-order chi connectivity index (χ1) is 14.3. The first-order valence-electron chi connectivity index (χ1n) is 11.0. The van der Waals surface area contributed by atoms with Crippen LogP contribution >= 0.6 is 24.0 Å². The lowest BCUT2D eigenvalue weighted by Gasteiger charge is -2.36.